The van der Waals surface area contributed by atoms with Crippen molar-refractivity contribution in [1.29, 1.82) is 0 Å². The topological polar surface area (TPSA) is 75.2 Å². The largest absolute Gasteiger partial charge is 0.493 e. The Kier molecular flexibility index (Phi) is 7.68. The second-order valence-corrected chi connectivity index (χ2v) is 6.37. The van der Waals surface area contributed by atoms with Gasteiger partial charge >= 0.3 is 0 Å². The van der Waals surface area contributed by atoms with E-state index < -0.39 is 0 Å². The number of guanidine groups is 1. The first-order valence-electron chi connectivity index (χ1n) is 8.94. The summed E-state index contributed by atoms with van der Waals surface area (Å²) in [4.78, 5) is 17.7. The van der Waals surface area contributed by atoms with Gasteiger partial charge in [0.2, 0.25) is 0 Å². The lowest BCUT2D eigenvalue weighted by atomic mass is 10.1. The zero-order valence-electron chi connectivity index (χ0n) is 17.1. The SMILES string of the molecule is CN=C(NCc1ccc(C(=O)N(C)C)cc1)NCc1ccc(OC)c(OC)c1. The summed E-state index contributed by atoms with van der Waals surface area (Å²) in [5.74, 6) is 2.07. The van der Waals surface area contributed by atoms with Gasteiger partial charge in [0.1, 0.15) is 0 Å². The van der Waals surface area contributed by atoms with Crippen LogP contribution in [0.15, 0.2) is 47.5 Å². The first-order valence-corrected chi connectivity index (χ1v) is 8.94. The molecule has 0 spiro atoms. The fraction of sp³-hybridized carbons (Fsp3) is 0.333. The minimum absolute atomic E-state index is 0.00750. The van der Waals surface area contributed by atoms with Gasteiger partial charge in [-0.25, -0.2) is 0 Å². The summed E-state index contributed by atoms with van der Waals surface area (Å²) in [6.07, 6.45) is 0. The summed E-state index contributed by atoms with van der Waals surface area (Å²) in [5, 5.41) is 6.54. The predicted octanol–water partition coefficient (Wildman–Crippen LogP) is 2.27. The number of methoxy groups -OCH3 is 2. The average molecular weight is 384 g/mol. The third-order valence-corrected chi connectivity index (χ3v) is 4.20. The van der Waals surface area contributed by atoms with Gasteiger partial charge in [-0.15, -0.1) is 0 Å². The van der Waals surface area contributed by atoms with Crippen molar-refractivity contribution in [2.45, 2.75) is 13.1 Å². The maximum absolute atomic E-state index is 11.9. The lowest BCUT2D eigenvalue weighted by Crippen LogP contribution is -2.36. The summed E-state index contributed by atoms with van der Waals surface area (Å²) in [6, 6.07) is 13.3. The van der Waals surface area contributed by atoms with E-state index in [1.165, 1.54) is 0 Å². The van der Waals surface area contributed by atoms with Gasteiger partial charge in [-0.2, -0.15) is 0 Å². The number of rotatable bonds is 7. The number of carbonyl (C=O) groups excluding carboxylic acids is 1. The first kappa shape index (κ1) is 21.1. The minimum atomic E-state index is -0.00750. The normalized spacial score (nSPS) is 11.0. The third-order valence-electron chi connectivity index (χ3n) is 4.20. The molecule has 0 saturated heterocycles. The van der Waals surface area contributed by atoms with Gasteiger partial charge in [-0.3, -0.25) is 9.79 Å². The number of carbonyl (C=O) groups is 1. The number of nitrogens with zero attached hydrogens (tertiary/aromatic N) is 2. The van der Waals surface area contributed by atoms with Crippen LogP contribution in [-0.2, 0) is 13.1 Å². The van der Waals surface area contributed by atoms with Crippen molar-refractivity contribution in [2.75, 3.05) is 35.4 Å². The van der Waals surface area contributed by atoms with Crippen molar-refractivity contribution in [3.05, 3.63) is 59.2 Å². The molecule has 0 radical (unpaired) electrons. The maximum Gasteiger partial charge on any atom is 0.253 e. The molecule has 0 aliphatic heterocycles. The highest BCUT2D eigenvalue weighted by atomic mass is 16.5. The molecular formula is C21H28N4O3. The average Bonchev–Trinajstić information content (AvgIpc) is 2.73. The molecular weight excluding hydrogens is 356 g/mol. The van der Waals surface area contributed by atoms with Crippen LogP contribution in [0, 0.1) is 0 Å². The van der Waals surface area contributed by atoms with Gasteiger partial charge in [0.05, 0.1) is 14.2 Å². The second-order valence-electron chi connectivity index (χ2n) is 6.37. The Bertz CT molecular complexity index is 817. The smallest absolute Gasteiger partial charge is 0.253 e. The monoisotopic (exact) mass is 384 g/mol. The molecule has 2 N–H and O–H groups in total. The molecule has 7 heteroatoms. The van der Waals surface area contributed by atoms with Crippen molar-refractivity contribution < 1.29 is 14.3 Å². The van der Waals surface area contributed by atoms with Gasteiger partial charge in [0.25, 0.3) is 5.91 Å². The summed E-state index contributed by atoms with van der Waals surface area (Å²) >= 11 is 0. The summed E-state index contributed by atoms with van der Waals surface area (Å²) in [5.41, 5.74) is 2.78. The Morgan fingerprint density at radius 1 is 0.929 bits per heavy atom. The van der Waals surface area contributed by atoms with E-state index in [1.807, 2.05) is 42.5 Å². The predicted molar refractivity (Wildman–Crippen MR) is 111 cm³/mol. The van der Waals surface area contributed by atoms with E-state index in [0.717, 1.165) is 11.1 Å². The van der Waals surface area contributed by atoms with Crippen molar-refractivity contribution in [1.82, 2.24) is 15.5 Å². The van der Waals surface area contributed by atoms with Gasteiger partial charge in [0, 0.05) is 39.8 Å². The first-order chi connectivity index (χ1) is 13.5. The zero-order valence-corrected chi connectivity index (χ0v) is 17.1. The molecule has 2 rings (SSSR count). The molecule has 0 aliphatic carbocycles. The molecule has 2 aromatic rings. The van der Waals surface area contributed by atoms with Crippen LogP contribution in [0.5, 0.6) is 11.5 Å². The molecule has 1 amide bonds. The van der Waals surface area contributed by atoms with E-state index in [1.54, 1.807) is 40.3 Å². The minimum Gasteiger partial charge on any atom is -0.493 e. The van der Waals surface area contributed by atoms with Gasteiger partial charge in [0.15, 0.2) is 17.5 Å². The van der Waals surface area contributed by atoms with E-state index in [2.05, 4.69) is 15.6 Å². The Balaban J connectivity index is 1.90. The summed E-state index contributed by atoms with van der Waals surface area (Å²) < 4.78 is 10.6. The van der Waals surface area contributed by atoms with Crippen LogP contribution in [0.3, 0.4) is 0 Å². The van der Waals surface area contributed by atoms with Crippen LogP contribution in [0.2, 0.25) is 0 Å². The number of hydrogen-bond donors (Lipinski definition) is 2. The number of aliphatic imine (C=N–C) groups is 1. The Morgan fingerprint density at radius 2 is 1.50 bits per heavy atom. The molecule has 7 nitrogen and oxygen atoms in total. The van der Waals surface area contributed by atoms with Crippen LogP contribution in [0.25, 0.3) is 0 Å². The summed E-state index contributed by atoms with van der Waals surface area (Å²) in [7, 11) is 8.44. The molecule has 0 unspecified atom stereocenters. The van der Waals surface area contributed by atoms with Crippen molar-refractivity contribution in [2.24, 2.45) is 4.99 Å². The van der Waals surface area contributed by atoms with Gasteiger partial charge in [-0.1, -0.05) is 18.2 Å². The molecule has 0 aromatic heterocycles. The van der Waals surface area contributed by atoms with Crippen molar-refractivity contribution in [3.8, 4) is 11.5 Å². The van der Waals surface area contributed by atoms with Crippen LogP contribution in [0.4, 0.5) is 0 Å². The van der Waals surface area contributed by atoms with E-state index in [9.17, 15) is 4.79 Å². The van der Waals surface area contributed by atoms with E-state index >= 15 is 0 Å². The number of nitrogens with one attached hydrogen (secondary N) is 2. The van der Waals surface area contributed by atoms with Crippen molar-refractivity contribution >= 4 is 11.9 Å². The van der Waals surface area contributed by atoms with Crippen LogP contribution >= 0.6 is 0 Å². The van der Waals surface area contributed by atoms with Crippen LogP contribution < -0.4 is 20.1 Å². The molecule has 2 aromatic carbocycles. The quantitative estimate of drug-likeness (QED) is 0.566. The molecule has 0 heterocycles. The lowest BCUT2D eigenvalue weighted by Gasteiger charge is -2.14. The molecule has 0 fully saturated rings. The second kappa shape index (κ2) is 10.2. The molecule has 0 atom stereocenters. The number of amides is 1. The fourth-order valence-electron chi connectivity index (χ4n) is 2.61. The molecule has 28 heavy (non-hydrogen) atoms. The Morgan fingerprint density at radius 3 is 2.04 bits per heavy atom. The van der Waals surface area contributed by atoms with E-state index in [0.29, 0.717) is 36.1 Å². The molecule has 0 saturated carbocycles. The fourth-order valence-corrected chi connectivity index (χ4v) is 2.61. The summed E-state index contributed by atoms with van der Waals surface area (Å²) in [6.45, 7) is 1.19. The standard InChI is InChI=1S/C21H28N4O3/c1-22-21(24-14-16-8-11-18(27-4)19(12-16)28-5)23-13-15-6-9-17(10-7-15)20(26)25(2)3/h6-12H,13-14H2,1-5H3,(H2,22,23,24). The van der Waals surface area contributed by atoms with Crippen molar-refractivity contribution in [3.63, 3.8) is 0 Å². The lowest BCUT2D eigenvalue weighted by molar-refractivity contribution is 0.0827. The highest BCUT2D eigenvalue weighted by Crippen LogP contribution is 2.27. The van der Waals surface area contributed by atoms with Crippen LogP contribution in [-0.4, -0.2) is 52.1 Å². The number of hydrogen-bond acceptors (Lipinski definition) is 4. The van der Waals surface area contributed by atoms with Gasteiger partial charge in [-0.05, 0) is 35.4 Å². The van der Waals surface area contributed by atoms with E-state index in [4.69, 9.17) is 9.47 Å². The molecule has 0 bridgehead atoms. The third kappa shape index (κ3) is 5.64. The molecule has 0 aliphatic rings. The Labute approximate surface area is 166 Å². The highest BCUT2D eigenvalue weighted by Gasteiger charge is 2.08. The maximum atomic E-state index is 11.9. The Hall–Kier alpha value is -3.22. The number of ether oxygens (including phenoxy) is 2. The highest BCUT2D eigenvalue weighted by molar-refractivity contribution is 5.93. The zero-order chi connectivity index (χ0) is 20.5. The molecule has 150 valence electrons. The van der Waals surface area contributed by atoms with E-state index in [-0.39, 0.29) is 5.91 Å². The van der Waals surface area contributed by atoms with Crippen LogP contribution in [0.1, 0.15) is 21.5 Å². The van der Waals surface area contributed by atoms with Gasteiger partial charge < -0.3 is 25.0 Å². The number of benzene rings is 2.